The van der Waals surface area contributed by atoms with Crippen LogP contribution in [0.15, 0.2) is 21.5 Å². The van der Waals surface area contributed by atoms with Gasteiger partial charge in [0.25, 0.3) is 0 Å². The van der Waals surface area contributed by atoms with Gasteiger partial charge in [0.05, 0.1) is 12.9 Å². The Morgan fingerprint density at radius 1 is 1.56 bits per heavy atom. The lowest BCUT2D eigenvalue weighted by Gasteiger charge is -1.98. The van der Waals surface area contributed by atoms with Gasteiger partial charge in [-0.15, -0.1) is 0 Å². The van der Waals surface area contributed by atoms with Crippen LogP contribution in [0.1, 0.15) is 12.7 Å². The molecular formula is C11H15N5OS. The number of furan rings is 1. The maximum absolute atomic E-state index is 5.72. The third kappa shape index (κ3) is 2.69. The van der Waals surface area contributed by atoms with E-state index in [1.54, 1.807) is 6.34 Å². The summed E-state index contributed by atoms with van der Waals surface area (Å²) in [4.78, 5) is 8.33. The predicted molar refractivity (Wildman–Crippen MR) is 74.8 cm³/mol. The van der Waals surface area contributed by atoms with Gasteiger partial charge in [-0.2, -0.15) is 0 Å². The Bertz CT molecular complexity index is 545. The summed E-state index contributed by atoms with van der Waals surface area (Å²) in [5.41, 5.74) is 11.9. The second-order valence-electron chi connectivity index (χ2n) is 3.47. The van der Waals surface area contributed by atoms with Gasteiger partial charge >= 0.3 is 0 Å². The molecule has 0 saturated heterocycles. The van der Waals surface area contributed by atoms with Gasteiger partial charge in [-0.25, -0.2) is 4.98 Å². The fourth-order valence-electron chi connectivity index (χ4n) is 1.41. The van der Waals surface area contributed by atoms with Crippen molar-refractivity contribution in [2.24, 2.45) is 10.7 Å². The molecule has 2 aromatic heterocycles. The van der Waals surface area contributed by atoms with Crippen LogP contribution < -0.4 is 16.8 Å². The van der Waals surface area contributed by atoms with Crippen molar-refractivity contribution in [3.8, 4) is 11.5 Å². The van der Waals surface area contributed by atoms with Gasteiger partial charge in [0, 0.05) is 6.54 Å². The van der Waals surface area contributed by atoms with E-state index in [0.29, 0.717) is 35.4 Å². The standard InChI is InChI=1S/C11H15N5OS/c1-2-14-6-15-10-9(16-11(13)18-10)8-4-3-7(5-12)17-8/h3-4,6H,2,5,12H2,1H3,(H2,13,16)(H,14,15). The molecule has 2 rings (SSSR count). The van der Waals surface area contributed by atoms with E-state index in [-0.39, 0.29) is 0 Å². The van der Waals surface area contributed by atoms with E-state index in [0.717, 1.165) is 5.00 Å². The molecule has 5 N–H and O–H groups in total. The monoisotopic (exact) mass is 265 g/mol. The van der Waals surface area contributed by atoms with E-state index < -0.39 is 0 Å². The number of anilines is 2. The summed E-state index contributed by atoms with van der Waals surface area (Å²) in [5, 5.41) is 4.34. The average molecular weight is 265 g/mol. The molecule has 0 aliphatic carbocycles. The smallest absolute Gasteiger partial charge is 0.182 e. The number of aromatic nitrogens is 1. The molecule has 18 heavy (non-hydrogen) atoms. The molecule has 0 spiro atoms. The van der Waals surface area contributed by atoms with Crippen LogP contribution in [0.3, 0.4) is 0 Å². The van der Waals surface area contributed by atoms with Crippen LogP contribution in [0, 0.1) is 0 Å². The topological polar surface area (TPSA) is 102 Å². The lowest BCUT2D eigenvalue weighted by atomic mass is 10.3. The minimum atomic E-state index is 0.361. The predicted octanol–water partition coefficient (Wildman–Crippen LogP) is 1.90. The van der Waals surface area contributed by atoms with E-state index in [1.807, 2.05) is 19.1 Å². The molecule has 0 saturated carbocycles. The van der Waals surface area contributed by atoms with E-state index in [1.165, 1.54) is 11.3 Å². The van der Waals surface area contributed by atoms with Gasteiger partial charge in [-0.3, -0.25) is 4.99 Å². The Hall–Kier alpha value is -1.86. The zero-order valence-electron chi connectivity index (χ0n) is 10.0. The highest BCUT2D eigenvalue weighted by atomic mass is 32.1. The molecule has 0 unspecified atom stereocenters. The summed E-state index contributed by atoms with van der Waals surface area (Å²) >= 11 is 1.35. The van der Waals surface area contributed by atoms with Crippen molar-refractivity contribution in [2.75, 3.05) is 17.6 Å². The van der Waals surface area contributed by atoms with Gasteiger partial charge in [-0.1, -0.05) is 11.3 Å². The summed E-state index contributed by atoms with van der Waals surface area (Å²) in [6.07, 6.45) is 1.63. The molecule has 0 bridgehead atoms. The summed E-state index contributed by atoms with van der Waals surface area (Å²) in [5.74, 6) is 1.36. The normalized spacial score (nSPS) is 11.2. The first-order chi connectivity index (χ1) is 8.74. The number of hydrogen-bond donors (Lipinski definition) is 3. The highest BCUT2D eigenvalue weighted by Crippen LogP contribution is 2.34. The molecule has 0 amide bonds. The molecule has 0 aromatic carbocycles. The fourth-order valence-corrected chi connectivity index (χ4v) is 2.11. The first kappa shape index (κ1) is 12.6. The molecular weight excluding hydrogens is 250 g/mol. The number of nitrogens with two attached hydrogens (primary N) is 2. The third-order valence-corrected chi connectivity index (χ3v) is 3.03. The van der Waals surface area contributed by atoms with Crippen LogP contribution in [0.25, 0.3) is 11.5 Å². The third-order valence-electron chi connectivity index (χ3n) is 2.21. The highest BCUT2D eigenvalue weighted by Gasteiger charge is 2.14. The molecule has 0 radical (unpaired) electrons. The van der Waals surface area contributed by atoms with Crippen LogP contribution in [0.4, 0.5) is 10.1 Å². The van der Waals surface area contributed by atoms with Crippen LogP contribution in [0.2, 0.25) is 0 Å². The minimum Gasteiger partial charge on any atom is -0.458 e. The number of aliphatic imine (C=N–C) groups is 1. The number of nitrogens with zero attached hydrogens (tertiary/aromatic N) is 2. The number of rotatable bonds is 5. The largest absolute Gasteiger partial charge is 0.458 e. The second kappa shape index (κ2) is 5.65. The summed E-state index contributed by atoms with van der Waals surface area (Å²) in [6, 6.07) is 3.66. The average Bonchev–Trinajstić information content (AvgIpc) is 2.96. The number of nitrogens with one attached hydrogen (secondary N) is 1. The number of nitrogen functional groups attached to an aromatic ring is 1. The maximum Gasteiger partial charge on any atom is 0.182 e. The molecule has 2 aromatic rings. The van der Waals surface area contributed by atoms with Crippen molar-refractivity contribution in [1.82, 2.24) is 4.98 Å². The Kier molecular flexibility index (Phi) is 3.96. The van der Waals surface area contributed by atoms with E-state index in [2.05, 4.69) is 15.3 Å². The lowest BCUT2D eigenvalue weighted by Crippen LogP contribution is -1.95. The quantitative estimate of drug-likeness (QED) is 0.566. The van der Waals surface area contributed by atoms with Crippen LogP contribution in [0.5, 0.6) is 0 Å². The van der Waals surface area contributed by atoms with E-state index >= 15 is 0 Å². The van der Waals surface area contributed by atoms with Crippen molar-refractivity contribution in [3.63, 3.8) is 0 Å². The van der Waals surface area contributed by atoms with E-state index in [4.69, 9.17) is 15.9 Å². The van der Waals surface area contributed by atoms with Crippen LogP contribution in [-0.2, 0) is 6.54 Å². The first-order valence-corrected chi connectivity index (χ1v) is 6.36. The molecule has 0 atom stereocenters. The SMILES string of the molecule is CCN=CNc1sc(N)nc1-c1ccc(CN)o1. The molecule has 2 heterocycles. The summed E-state index contributed by atoms with van der Waals surface area (Å²) in [7, 11) is 0. The van der Waals surface area contributed by atoms with Crippen molar-refractivity contribution in [2.45, 2.75) is 13.5 Å². The second-order valence-corrected chi connectivity index (χ2v) is 4.50. The zero-order valence-corrected chi connectivity index (χ0v) is 10.8. The van der Waals surface area contributed by atoms with Crippen LogP contribution >= 0.6 is 11.3 Å². The van der Waals surface area contributed by atoms with Gasteiger partial charge < -0.3 is 21.2 Å². The molecule has 0 aliphatic heterocycles. The Balaban J connectivity index is 2.28. The highest BCUT2D eigenvalue weighted by molar-refractivity contribution is 7.20. The van der Waals surface area contributed by atoms with Crippen molar-refractivity contribution in [3.05, 3.63) is 17.9 Å². The van der Waals surface area contributed by atoms with Crippen molar-refractivity contribution >= 4 is 27.8 Å². The van der Waals surface area contributed by atoms with Gasteiger partial charge in [0.1, 0.15) is 16.5 Å². The lowest BCUT2D eigenvalue weighted by molar-refractivity contribution is 0.524. The molecule has 0 aliphatic rings. The first-order valence-electron chi connectivity index (χ1n) is 5.55. The molecule has 96 valence electrons. The number of thiazole rings is 1. The molecule has 0 fully saturated rings. The van der Waals surface area contributed by atoms with Crippen LogP contribution in [-0.4, -0.2) is 17.9 Å². The van der Waals surface area contributed by atoms with Gasteiger partial charge in [-0.05, 0) is 19.1 Å². The van der Waals surface area contributed by atoms with Gasteiger partial charge in [0.2, 0.25) is 0 Å². The number of hydrogen-bond acceptors (Lipinski definition) is 6. The van der Waals surface area contributed by atoms with Crippen molar-refractivity contribution in [1.29, 1.82) is 0 Å². The van der Waals surface area contributed by atoms with Gasteiger partial charge in [0.15, 0.2) is 10.9 Å². The Morgan fingerprint density at radius 2 is 2.39 bits per heavy atom. The Morgan fingerprint density at radius 3 is 3.06 bits per heavy atom. The Labute approximate surface area is 109 Å². The minimum absolute atomic E-state index is 0.361. The summed E-state index contributed by atoms with van der Waals surface area (Å²) in [6.45, 7) is 3.04. The zero-order chi connectivity index (χ0) is 13.0. The summed E-state index contributed by atoms with van der Waals surface area (Å²) < 4.78 is 5.56. The van der Waals surface area contributed by atoms with Crippen molar-refractivity contribution < 1.29 is 4.42 Å². The molecule has 7 heteroatoms. The maximum atomic E-state index is 5.72. The molecule has 6 nitrogen and oxygen atoms in total. The van der Waals surface area contributed by atoms with E-state index in [9.17, 15) is 0 Å². The fraction of sp³-hybridized carbons (Fsp3) is 0.273.